The quantitative estimate of drug-likeness (QED) is 0.416. The summed E-state index contributed by atoms with van der Waals surface area (Å²) in [4.78, 5) is 14.6. The van der Waals surface area contributed by atoms with Crippen LogP contribution in [0.2, 0.25) is 5.02 Å². The molecule has 0 saturated carbocycles. The molecular weight excluding hydrogens is 507 g/mol. The molecule has 1 aliphatic heterocycles. The van der Waals surface area contributed by atoms with Crippen LogP contribution in [0.25, 0.3) is 0 Å². The van der Waals surface area contributed by atoms with Gasteiger partial charge in [0.15, 0.2) is 0 Å². The second-order valence-electron chi connectivity index (χ2n) is 8.51. The minimum Gasteiger partial charge on any atom is -0.481 e. The Labute approximate surface area is 205 Å². The summed E-state index contributed by atoms with van der Waals surface area (Å²) in [5.74, 6) is -1.69. The van der Waals surface area contributed by atoms with Gasteiger partial charge in [0, 0.05) is 28.5 Å². The smallest absolute Gasteiger partial charge is 0.314 e. The lowest BCUT2D eigenvalue weighted by molar-refractivity contribution is -0.149. The third-order valence-corrected chi connectivity index (χ3v) is 7.22. The van der Waals surface area contributed by atoms with Crippen LogP contribution in [0, 0.1) is 23.1 Å². The third-order valence-electron chi connectivity index (χ3n) is 6.52. The average molecular weight is 528 g/mol. The maximum absolute atomic E-state index is 14.1. The molecule has 1 saturated heterocycles. The van der Waals surface area contributed by atoms with E-state index in [0.29, 0.717) is 33.7 Å². The van der Waals surface area contributed by atoms with E-state index in [-0.39, 0.29) is 12.0 Å². The number of nitriles is 1. The fraction of sp³-hybridized carbons (Fsp3) is 0.231. The Morgan fingerprint density at radius 2 is 1.88 bits per heavy atom. The number of rotatable bonds is 6. The molecule has 0 aromatic heterocycles. The van der Waals surface area contributed by atoms with E-state index in [1.54, 1.807) is 19.1 Å². The number of nitrogens with zero attached hydrogens (tertiary/aromatic N) is 2. The molecule has 2 atom stereocenters. The highest BCUT2D eigenvalue weighted by molar-refractivity contribution is 9.10. The van der Waals surface area contributed by atoms with Crippen LogP contribution < -0.4 is 0 Å². The Kier molecular flexibility index (Phi) is 6.58. The predicted molar refractivity (Wildman–Crippen MR) is 129 cm³/mol. The lowest BCUT2D eigenvalue weighted by Gasteiger charge is -2.50. The van der Waals surface area contributed by atoms with Crippen LogP contribution in [-0.2, 0) is 10.2 Å². The molecule has 1 heterocycles. The van der Waals surface area contributed by atoms with E-state index in [4.69, 9.17) is 11.6 Å². The second kappa shape index (κ2) is 9.26. The summed E-state index contributed by atoms with van der Waals surface area (Å²) in [6, 6.07) is 21.3. The number of benzene rings is 3. The largest absolute Gasteiger partial charge is 0.481 e. The average Bonchev–Trinajstić information content (AvgIpc) is 2.75. The van der Waals surface area contributed by atoms with Gasteiger partial charge in [-0.1, -0.05) is 51.8 Å². The number of carboxylic acid groups (broad SMARTS) is 1. The Morgan fingerprint density at radius 1 is 1.18 bits per heavy atom. The predicted octanol–water partition coefficient (Wildman–Crippen LogP) is 6.18. The standard InChI is InChI=1S/C26H21BrClFN2O2/c1-26(25(32)33,19-10-21(27)12-23(29)11-19)20-14-31(15-20)24(17-5-7-22(28)8-6-17)18-4-2-3-16(9-18)13-30/h2-12,20,24H,14-15H2,1H3,(H,32,33)/t24?,26-/m0/s1. The van der Waals surface area contributed by atoms with E-state index in [9.17, 15) is 19.6 Å². The molecule has 0 spiro atoms. The normalized spacial score (nSPS) is 16.9. The molecule has 1 unspecified atom stereocenters. The summed E-state index contributed by atoms with van der Waals surface area (Å²) in [6.07, 6.45) is 0. The number of hydrogen-bond acceptors (Lipinski definition) is 3. The van der Waals surface area contributed by atoms with Crippen LogP contribution in [0.1, 0.15) is 35.2 Å². The molecular formula is C26H21BrClFN2O2. The SMILES string of the molecule is C[C@](C(=O)O)(c1cc(F)cc(Br)c1)C1CN(C(c2ccc(Cl)cc2)c2cccc(C#N)c2)C1. The molecule has 168 valence electrons. The van der Waals surface area contributed by atoms with Crippen molar-refractivity contribution in [1.82, 2.24) is 4.90 Å². The van der Waals surface area contributed by atoms with Crippen molar-refractivity contribution in [2.75, 3.05) is 13.1 Å². The molecule has 1 fully saturated rings. The third kappa shape index (κ3) is 4.54. The van der Waals surface area contributed by atoms with Crippen LogP contribution in [0.3, 0.4) is 0 Å². The highest BCUT2D eigenvalue weighted by Gasteiger charge is 2.50. The van der Waals surface area contributed by atoms with Crippen LogP contribution >= 0.6 is 27.5 Å². The number of hydrogen-bond donors (Lipinski definition) is 1. The highest BCUT2D eigenvalue weighted by atomic mass is 79.9. The molecule has 1 aliphatic rings. The number of aliphatic carboxylic acids is 1. The lowest BCUT2D eigenvalue weighted by atomic mass is 9.67. The molecule has 4 rings (SSSR count). The van der Waals surface area contributed by atoms with E-state index in [0.717, 1.165) is 11.1 Å². The summed E-state index contributed by atoms with van der Waals surface area (Å²) in [6.45, 7) is 2.66. The maximum Gasteiger partial charge on any atom is 0.314 e. The fourth-order valence-electron chi connectivity index (χ4n) is 4.51. The summed E-state index contributed by atoms with van der Waals surface area (Å²) in [7, 11) is 0. The van der Waals surface area contributed by atoms with Crippen molar-refractivity contribution < 1.29 is 14.3 Å². The molecule has 33 heavy (non-hydrogen) atoms. The first-order valence-electron chi connectivity index (χ1n) is 10.4. The van der Waals surface area contributed by atoms with Crippen molar-refractivity contribution in [3.8, 4) is 6.07 Å². The van der Waals surface area contributed by atoms with Crippen LogP contribution in [0.15, 0.2) is 71.2 Å². The molecule has 0 bridgehead atoms. The summed E-state index contributed by atoms with van der Waals surface area (Å²) in [5.41, 5.74) is 1.68. The summed E-state index contributed by atoms with van der Waals surface area (Å²) < 4.78 is 14.6. The molecule has 3 aromatic rings. The Balaban J connectivity index is 1.68. The zero-order valence-corrected chi connectivity index (χ0v) is 20.1. The number of halogens is 3. The summed E-state index contributed by atoms with van der Waals surface area (Å²) >= 11 is 9.37. The molecule has 1 N–H and O–H groups in total. The first-order valence-corrected chi connectivity index (χ1v) is 11.6. The molecule has 7 heteroatoms. The van der Waals surface area contributed by atoms with Crippen LogP contribution in [-0.4, -0.2) is 29.1 Å². The van der Waals surface area contributed by atoms with Gasteiger partial charge in [0.1, 0.15) is 5.82 Å². The zero-order chi connectivity index (χ0) is 23.8. The maximum atomic E-state index is 14.1. The Bertz CT molecular complexity index is 1220. The molecule has 0 aliphatic carbocycles. The molecule has 0 radical (unpaired) electrons. The minimum atomic E-state index is -1.25. The van der Waals surface area contributed by atoms with Crippen molar-refractivity contribution in [3.05, 3.63) is 104 Å². The van der Waals surface area contributed by atoms with Crippen molar-refractivity contribution >= 4 is 33.5 Å². The van der Waals surface area contributed by atoms with Crippen molar-refractivity contribution in [3.63, 3.8) is 0 Å². The van der Waals surface area contributed by atoms with Gasteiger partial charge >= 0.3 is 5.97 Å². The monoisotopic (exact) mass is 526 g/mol. The second-order valence-corrected chi connectivity index (χ2v) is 9.86. The minimum absolute atomic E-state index is 0.163. The van der Waals surface area contributed by atoms with E-state index in [1.807, 2.05) is 42.5 Å². The van der Waals surface area contributed by atoms with Gasteiger partial charge in [-0.2, -0.15) is 5.26 Å². The van der Waals surface area contributed by atoms with Crippen molar-refractivity contribution in [2.24, 2.45) is 5.92 Å². The first kappa shape index (κ1) is 23.4. The van der Waals surface area contributed by atoms with Crippen molar-refractivity contribution in [1.29, 1.82) is 5.26 Å². The van der Waals surface area contributed by atoms with Gasteiger partial charge in [0.05, 0.1) is 23.1 Å². The first-order chi connectivity index (χ1) is 15.7. The van der Waals surface area contributed by atoms with Crippen LogP contribution in [0.4, 0.5) is 4.39 Å². The number of carboxylic acids is 1. The van der Waals surface area contributed by atoms with E-state index in [2.05, 4.69) is 26.9 Å². The number of carbonyl (C=O) groups is 1. The Morgan fingerprint density at radius 3 is 2.48 bits per heavy atom. The fourth-order valence-corrected chi connectivity index (χ4v) is 5.10. The van der Waals surface area contributed by atoms with Gasteiger partial charge in [-0.05, 0) is 66.1 Å². The van der Waals surface area contributed by atoms with Gasteiger partial charge in [-0.3, -0.25) is 9.69 Å². The topological polar surface area (TPSA) is 64.3 Å². The molecule has 3 aromatic carbocycles. The lowest BCUT2D eigenvalue weighted by Crippen LogP contribution is -2.59. The zero-order valence-electron chi connectivity index (χ0n) is 17.8. The molecule has 0 amide bonds. The highest BCUT2D eigenvalue weighted by Crippen LogP contribution is 2.44. The Hall–Kier alpha value is -2.72. The van der Waals surface area contributed by atoms with Crippen LogP contribution in [0.5, 0.6) is 0 Å². The van der Waals surface area contributed by atoms with E-state index >= 15 is 0 Å². The van der Waals surface area contributed by atoms with Gasteiger partial charge in [0.2, 0.25) is 0 Å². The summed E-state index contributed by atoms with van der Waals surface area (Å²) in [5, 5.41) is 20.1. The number of likely N-dealkylation sites (tertiary alicyclic amines) is 1. The van der Waals surface area contributed by atoms with Crippen molar-refractivity contribution in [2.45, 2.75) is 18.4 Å². The molecule has 4 nitrogen and oxygen atoms in total. The van der Waals surface area contributed by atoms with Gasteiger partial charge in [0.25, 0.3) is 0 Å². The van der Waals surface area contributed by atoms with E-state index < -0.39 is 17.2 Å². The van der Waals surface area contributed by atoms with Gasteiger partial charge in [-0.15, -0.1) is 0 Å². The van der Waals surface area contributed by atoms with E-state index in [1.165, 1.54) is 12.1 Å². The van der Waals surface area contributed by atoms with Gasteiger partial charge < -0.3 is 5.11 Å². The van der Waals surface area contributed by atoms with Gasteiger partial charge in [-0.25, -0.2) is 4.39 Å².